The highest BCUT2D eigenvalue weighted by Gasteiger charge is 2.04. The Kier molecular flexibility index (Phi) is 2.47. The van der Waals surface area contributed by atoms with Crippen molar-refractivity contribution in [2.45, 2.75) is 20.4 Å². The summed E-state index contributed by atoms with van der Waals surface area (Å²) < 4.78 is 1.79. The number of hydrogen-bond acceptors (Lipinski definition) is 3. The van der Waals surface area contributed by atoms with Crippen molar-refractivity contribution in [2.24, 2.45) is 5.92 Å². The molecule has 0 unspecified atom stereocenters. The van der Waals surface area contributed by atoms with Gasteiger partial charge in [0.2, 0.25) is 0 Å². The van der Waals surface area contributed by atoms with Crippen LogP contribution in [0.3, 0.4) is 0 Å². The second kappa shape index (κ2) is 3.38. The van der Waals surface area contributed by atoms with Crippen molar-refractivity contribution in [1.29, 1.82) is 0 Å². The van der Waals surface area contributed by atoms with Crippen LogP contribution in [0.15, 0.2) is 12.4 Å². The van der Waals surface area contributed by atoms with Gasteiger partial charge in [-0.3, -0.25) is 0 Å². The lowest BCUT2D eigenvalue weighted by molar-refractivity contribution is -0.311. The van der Waals surface area contributed by atoms with Crippen LogP contribution in [0.4, 0.5) is 0 Å². The van der Waals surface area contributed by atoms with Crippen LogP contribution in [-0.2, 0) is 11.3 Å². The quantitative estimate of drug-likeness (QED) is 0.614. The largest absolute Gasteiger partial charge is 0.550 e. The highest BCUT2D eigenvalue weighted by molar-refractivity contribution is 5.66. The van der Waals surface area contributed by atoms with Crippen LogP contribution in [0.25, 0.3) is 0 Å². The predicted molar refractivity (Wildman–Crippen MR) is 41.1 cm³/mol. The molecule has 4 nitrogen and oxygen atoms in total. The first-order chi connectivity index (χ1) is 5.61. The number of aliphatic carboxylic acids is 1. The second-order valence-corrected chi connectivity index (χ2v) is 2.85. The molecule has 1 heterocycles. The van der Waals surface area contributed by atoms with E-state index in [-0.39, 0.29) is 0 Å². The van der Waals surface area contributed by atoms with E-state index in [0.29, 0.717) is 6.54 Å². The summed E-state index contributed by atoms with van der Waals surface area (Å²) in [5.74, 6) is -0.677. The van der Waals surface area contributed by atoms with Crippen molar-refractivity contribution in [1.82, 2.24) is 9.55 Å². The number of carbonyl (C=O) groups is 1. The van der Waals surface area contributed by atoms with Gasteiger partial charge in [-0.2, -0.15) is 0 Å². The van der Waals surface area contributed by atoms with E-state index < -0.39 is 11.9 Å². The number of aryl methyl sites for hydroxylation is 1. The molecule has 1 atom stereocenters. The Morgan fingerprint density at radius 2 is 2.50 bits per heavy atom. The van der Waals surface area contributed by atoms with Crippen LogP contribution in [0, 0.1) is 12.8 Å². The molecule has 0 aliphatic heterocycles. The lowest BCUT2D eigenvalue weighted by Crippen LogP contribution is -2.32. The van der Waals surface area contributed by atoms with Crippen LogP contribution in [0.1, 0.15) is 12.7 Å². The van der Waals surface area contributed by atoms with Crippen molar-refractivity contribution >= 4 is 5.97 Å². The molecule has 12 heavy (non-hydrogen) atoms. The van der Waals surface area contributed by atoms with E-state index in [1.807, 2.05) is 6.92 Å². The van der Waals surface area contributed by atoms with Crippen LogP contribution in [-0.4, -0.2) is 15.5 Å². The first-order valence-corrected chi connectivity index (χ1v) is 3.80. The van der Waals surface area contributed by atoms with Gasteiger partial charge in [0.25, 0.3) is 0 Å². The maximum atomic E-state index is 10.4. The molecule has 0 aliphatic rings. The number of rotatable bonds is 3. The number of carboxylic acids is 1. The molecular weight excluding hydrogens is 156 g/mol. The van der Waals surface area contributed by atoms with Crippen molar-refractivity contribution < 1.29 is 9.90 Å². The van der Waals surface area contributed by atoms with Crippen LogP contribution in [0.5, 0.6) is 0 Å². The summed E-state index contributed by atoms with van der Waals surface area (Å²) in [5.41, 5.74) is 0. The zero-order valence-electron chi connectivity index (χ0n) is 7.15. The van der Waals surface area contributed by atoms with E-state index in [2.05, 4.69) is 4.98 Å². The molecule has 1 rings (SSSR count). The van der Waals surface area contributed by atoms with Gasteiger partial charge in [-0.25, -0.2) is 4.98 Å². The summed E-state index contributed by atoms with van der Waals surface area (Å²) in [5, 5.41) is 10.4. The van der Waals surface area contributed by atoms with Gasteiger partial charge in [0.15, 0.2) is 0 Å². The molecule has 0 bridgehead atoms. The summed E-state index contributed by atoms with van der Waals surface area (Å²) in [6, 6.07) is 0. The molecular formula is C8H11N2O2-. The van der Waals surface area contributed by atoms with Crippen LogP contribution >= 0.6 is 0 Å². The number of nitrogens with zero attached hydrogens (tertiary/aromatic N) is 2. The van der Waals surface area contributed by atoms with E-state index in [9.17, 15) is 9.90 Å². The van der Waals surface area contributed by atoms with Crippen molar-refractivity contribution in [3.8, 4) is 0 Å². The molecule has 0 aromatic carbocycles. The summed E-state index contributed by atoms with van der Waals surface area (Å²) in [6.07, 6.45) is 3.41. The van der Waals surface area contributed by atoms with Gasteiger partial charge in [-0.05, 0) is 6.92 Å². The summed E-state index contributed by atoms with van der Waals surface area (Å²) >= 11 is 0. The fourth-order valence-corrected chi connectivity index (χ4v) is 0.966. The standard InChI is InChI=1S/C8H12N2O2/c1-6(8(11)12)5-10-4-3-9-7(10)2/h3-4,6H,5H2,1-2H3,(H,11,12)/p-1/t6-/m0/s1. The molecule has 0 amide bonds. The van der Waals surface area contributed by atoms with E-state index in [0.717, 1.165) is 5.82 Å². The Morgan fingerprint density at radius 1 is 1.83 bits per heavy atom. The minimum atomic E-state index is -1.02. The normalized spacial score (nSPS) is 12.8. The Bertz CT molecular complexity index is 280. The van der Waals surface area contributed by atoms with Crippen LogP contribution in [0.2, 0.25) is 0 Å². The number of carbonyl (C=O) groups excluding carboxylic acids is 1. The molecule has 0 fully saturated rings. The average molecular weight is 167 g/mol. The third kappa shape index (κ3) is 1.84. The predicted octanol–water partition coefficient (Wildman–Crippen LogP) is -0.422. The van der Waals surface area contributed by atoms with Gasteiger partial charge >= 0.3 is 0 Å². The van der Waals surface area contributed by atoms with Gasteiger partial charge in [-0.1, -0.05) is 6.92 Å². The fraction of sp³-hybridized carbons (Fsp3) is 0.500. The number of aromatic nitrogens is 2. The van der Waals surface area contributed by atoms with Gasteiger partial charge in [0.1, 0.15) is 5.82 Å². The molecule has 0 N–H and O–H groups in total. The van der Waals surface area contributed by atoms with Crippen molar-refractivity contribution in [3.05, 3.63) is 18.2 Å². The van der Waals surface area contributed by atoms with Gasteiger partial charge in [0, 0.05) is 30.8 Å². The Labute approximate surface area is 70.9 Å². The third-order valence-corrected chi connectivity index (χ3v) is 1.80. The van der Waals surface area contributed by atoms with E-state index in [1.165, 1.54) is 0 Å². The molecule has 4 heteroatoms. The van der Waals surface area contributed by atoms with Gasteiger partial charge in [0.05, 0.1) is 0 Å². The van der Waals surface area contributed by atoms with Crippen LogP contribution < -0.4 is 5.11 Å². The Morgan fingerprint density at radius 3 is 2.92 bits per heavy atom. The first-order valence-electron chi connectivity index (χ1n) is 3.80. The molecule has 66 valence electrons. The molecule has 0 spiro atoms. The maximum Gasteiger partial charge on any atom is 0.105 e. The van der Waals surface area contributed by atoms with Crippen molar-refractivity contribution in [2.75, 3.05) is 0 Å². The topological polar surface area (TPSA) is 58.0 Å². The lowest BCUT2D eigenvalue weighted by atomic mass is 10.2. The fourth-order valence-electron chi connectivity index (χ4n) is 0.966. The summed E-state index contributed by atoms with van der Waals surface area (Å²) in [7, 11) is 0. The lowest BCUT2D eigenvalue weighted by Gasteiger charge is -2.13. The number of imidazole rings is 1. The zero-order chi connectivity index (χ0) is 9.14. The minimum absolute atomic E-state index is 0.425. The molecule has 1 aromatic rings. The van der Waals surface area contributed by atoms with Gasteiger partial charge in [-0.15, -0.1) is 0 Å². The van der Waals surface area contributed by atoms with Gasteiger partial charge < -0.3 is 14.5 Å². The summed E-state index contributed by atoms with van der Waals surface area (Å²) in [4.78, 5) is 14.4. The summed E-state index contributed by atoms with van der Waals surface area (Å²) in [6.45, 7) is 3.88. The Hall–Kier alpha value is -1.32. The minimum Gasteiger partial charge on any atom is -0.550 e. The molecule has 0 saturated heterocycles. The monoisotopic (exact) mass is 167 g/mol. The number of hydrogen-bond donors (Lipinski definition) is 0. The van der Waals surface area contributed by atoms with E-state index in [1.54, 1.807) is 23.9 Å². The molecule has 0 aliphatic carbocycles. The van der Waals surface area contributed by atoms with E-state index in [4.69, 9.17) is 0 Å². The number of carboxylic acid groups (broad SMARTS) is 1. The Balaban J connectivity index is 2.64. The average Bonchev–Trinajstić information content (AvgIpc) is 2.36. The zero-order valence-corrected chi connectivity index (χ0v) is 7.15. The van der Waals surface area contributed by atoms with Crippen molar-refractivity contribution in [3.63, 3.8) is 0 Å². The molecule has 0 saturated carbocycles. The smallest absolute Gasteiger partial charge is 0.105 e. The third-order valence-electron chi connectivity index (χ3n) is 1.80. The molecule has 1 aromatic heterocycles. The highest BCUT2D eigenvalue weighted by Crippen LogP contribution is 2.02. The molecule has 0 radical (unpaired) electrons. The van der Waals surface area contributed by atoms with E-state index >= 15 is 0 Å². The first kappa shape index (κ1) is 8.77. The maximum absolute atomic E-state index is 10.4. The second-order valence-electron chi connectivity index (χ2n) is 2.85. The SMILES string of the molecule is Cc1nccn1C[C@H](C)C(=O)[O-]. The highest BCUT2D eigenvalue weighted by atomic mass is 16.4.